The summed E-state index contributed by atoms with van der Waals surface area (Å²) in [5.74, 6) is 0. The molecule has 0 N–H and O–H groups in total. The van der Waals surface area contributed by atoms with Crippen molar-refractivity contribution in [1.82, 2.24) is 0 Å². The summed E-state index contributed by atoms with van der Waals surface area (Å²) in [5.41, 5.74) is 0. The molecule has 0 rings (SSSR count). The van der Waals surface area contributed by atoms with E-state index in [-0.39, 0.29) is 0 Å². The maximum atomic E-state index is 13.8. The molecule has 12 heavy (non-hydrogen) atoms. The van der Waals surface area contributed by atoms with E-state index in [1.165, 1.54) is 0 Å². The first-order valence-electron chi connectivity index (χ1n) is 3.99. The van der Waals surface area contributed by atoms with Crippen LogP contribution >= 0.6 is 18.0 Å². The van der Waals surface area contributed by atoms with E-state index < -0.39 is 20.1 Å². The van der Waals surface area contributed by atoms with Crippen molar-refractivity contribution in [2.75, 3.05) is 0 Å². The molecule has 0 saturated heterocycles. The fraction of sp³-hybridized carbons (Fsp3) is 1.00. The van der Waals surface area contributed by atoms with Crippen LogP contribution in [0.15, 0.2) is 4.41 Å². The summed E-state index contributed by atoms with van der Waals surface area (Å²) in [4.78, 5) is 0. The van der Waals surface area contributed by atoms with Gasteiger partial charge in [0.15, 0.2) is 8.24 Å². The van der Waals surface area contributed by atoms with Gasteiger partial charge in [0.2, 0.25) is 6.72 Å². The van der Waals surface area contributed by atoms with Crippen LogP contribution in [0.3, 0.4) is 0 Å². The van der Waals surface area contributed by atoms with Crippen molar-refractivity contribution in [3.05, 3.63) is 0 Å². The monoisotopic (exact) mass is 229 g/mol. The van der Waals surface area contributed by atoms with E-state index in [0.717, 1.165) is 0 Å². The van der Waals surface area contributed by atoms with Crippen LogP contribution in [0.4, 0.5) is 4.20 Å². The van der Waals surface area contributed by atoms with Crippen LogP contribution in [-0.2, 0) is 0 Å². The molecule has 0 aromatic rings. The highest BCUT2D eigenvalue weighted by Crippen LogP contribution is 2.67. The van der Waals surface area contributed by atoms with Gasteiger partial charge < -0.3 is 0 Å². The molecule has 0 saturated carbocycles. The maximum Gasteiger partial charge on any atom is 0.213 e. The van der Waals surface area contributed by atoms with Gasteiger partial charge in [0.05, 0.1) is 0 Å². The minimum absolute atomic E-state index is 0.519. The molecule has 0 heterocycles. The fourth-order valence-electron chi connectivity index (χ4n) is 0.527. The largest absolute Gasteiger partial charge is 0.298 e. The standard InChI is InChI=1S/C7H18ClFNPSi/c1-7(2,3)11(8,9)10-12(4,5)6/h1-6H3. The minimum atomic E-state index is -3.09. The molecule has 1 nitrogen and oxygen atoms in total. The van der Waals surface area contributed by atoms with Crippen LogP contribution in [0.5, 0.6) is 0 Å². The lowest BCUT2D eigenvalue weighted by Gasteiger charge is -2.26. The third-order valence-corrected chi connectivity index (χ3v) is 8.45. The van der Waals surface area contributed by atoms with E-state index in [9.17, 15) is 4.20 Å². The zero-order valence-electron chi connectivity index (χ0n) is 8.65. The number of hydrogen-bond donors (Lipinski definition) is 0. The Morgan fingerprint density at radius 1 is 1.25 bits per heavy atom. The van der Waals surface area contributed by atoms with Gasteiger partial charge >= 0.3 is 0 Å². The Bertz CT molecular complexity index is 210. The smallest absolute Gasteiger partial charge is 0.213 e. The average Bonchev–Trinajstić information content (AvgIpc) is 1.52. The summed E-state index contributed by atoms with van der Waals surface area (Å²) in [5, 5.41) is -0.519. The summed E-state index contributed by atoms with van der Waals surface area (Å²) in [6.45, 7) is 8.31. The van der Waals surface area contributed by atoms with Gasteiger partial charge in [0.25, 0.3) is 0 Å². The van der Waals surface area contributed by atoms with Crippen molar-refractivity contribution in [3.63, 3.8) is 0 Å². The van der Waals surface area contributed by atoms with Crippen LogP contribution in [0.2, 0.25) is 19.6 Å². The Kier molecular flexibility index (Phi) is 3.62. The van der Waals surface area contributed by atoms with Gasteiger partial charge in [-0.05, 0) is 30.9 Å². The first kappa shape index (κ1) is 12.7. The minimum Gasteiger partial charge on any atom is -0.298 e. The van der Waals surface area contributed by atoms with Crippen LogP contribution in [0, 0.1) is 0 Å². The molecule has 0 fully saturated rings. The van der Waals surface area contributed by atoms with Crippen molar-refractivity contribution < 1.29 is 4.20 Å². The van der Waals surface area contributed by atoms with Crippen LogP contribution < -0.4 is 0 Å². The second-order valence-corrected chi connectivity index (χ2v) is 13.7. The zero-order valence-corrected chi connectivity index (χ0v) is 11.3. The molecule has 0 spiro atoms. The Hall–Kier alpha value is 0.667. The molecule has 1 atom stereocenters. The van der Waals surface area contributed by atoms with E-state index in [0.29, 0.717) is 0 Å². The Labute approximate surface area is 80.8 Å². The van der Waals surface area contributed by atoms with E-state index in [2.05, 4.69) is 4.41 Å². The Morgan fingerprint density at radius 2 is 1.58 bits per heavy atom. The quantitative estimate of drug-likeness (QED) is 0.450. The molecular formula is C7H18ClFNPSi. The average molecular weight is 230 g/mol. The molecule has 0 bridgehead atoms. The molecule has 0 aromatic heterocycles. The van der Waals surface area contributed by atoms with Crippen molar-refractivity contribution in [2.45, 2.75) is 45.6 Å². The van der Waals surface area contributed by atoms with Crippen LogP contribution in [-0.4, -0.2) is 13.4 Å². The second kappa shape index (κ2) is 3.43. The van der Waals surface area contributed by atoms with E-state index >= 15 is 0 Å². The number of halogens is 2. The molecule has 0 aliphatic rings. The summed E-state index contributed by atoms with van der Waals surface area (Å²) in [7, 11) is -1.73. The summed E-state index contributed by atoms with van der Waals surface area (Å²) >= 11 is 5.81. The SMILES string of the molecule is CC(C)(C)P(F)(Cl)=N[Si](C)(C)C. The predicted molar refractivity (Wildman–Crippen MR) is 59.4 cm³/mol. The normalized spacial score (nSPS) is 18.7. The van der Waals surface area contributed by atoms with Gasteiger partial charge in [-0.2, -0.15) is 4.20 Å². The topological polar surface area (TPSA) is 12.4 Å². The zero-order chi connectivity index (χ0) is 10.2. The Morgan fingerprint density at radius 3 is 1.67 bits per heavy atom. The molecule has 0 radical (unpaired) electrons. The lowest BCUT2D eigenvalue weighted by molar-refractivity contribution is 0.722. The highest BCUT2D eigenvalue weighted by atomic mass is 35.7. The highest BCUT2D eigenvalue weighted by molar-refractivity contribution is 7.88. The lowest BCUT2D eigenvalue weighted by Crippen LogP contribution is -2.18. The van der Waals surface area contributed by atoms with Gasteiger partial charge in [-0.3, -0.25) is 4.41 Å². The second-order valence-electron chi connectivity index (χ2n) is 4.93. The molecule has 5 heteroatoms. The van der Waals surface area contributed by atoms with Crippen LogP contribution in [0.25, 0.3) is 0 Å². The van der Waals surface area contributed by atoms with E-state index in [4.69, 9.17) is 11.2 Å². The summed E-state index contributed by atoms with van der Waals surface area (Å²) < 4.78 is 18.0. The number of nitrogens with zero attached hydrogens (tertiary/aromatic N) is 1. The lowest BCUT2D eigenvalue weighted by atomic mass is 10.3. The molecule has 0 aromatic carbocycles. The van der Waals surface area contributed by atoms with Crippen molar-refractivity contribution in [3.8, 4) is 0 Å². The van der Waals surface area contributed by atoms with Gasteiger partial charge in [-0.15, -0.1) is 0 Å². The first-order valence-corrected chi connectivity index (χ1v) is 9.97. The van der Waals surface area contributed by atoms with Crippen LogP contribution in [0.1, 0.15) is 20.8 Å². The van der Waals surface area contributed by atoms with Gasteiger partial charge in [0, 0.05) is 5.16 Å². The highest BCUT2D eigenvalue weighted by Gasteiger charge is 2.34. The molecule has 0 aliphatic heterocycles. The summed E-state index contributed by atoms with van der Waals surface area (Å²) in [6, 6.07) is 0. The third kappa shape index (κ3) is 4.06. The predicted octanol–water partition coefficient (Wildman–Crippen LogP) is 4.86. The third-order valence-electron chi connectivity index (χ3n) is 1.23. The Balaban J connectivity index is 4.99. The fourth-order valence-corrected chi connectivity index (χ4v) is 6.78. The molecular weight excluding hydrogens is 212 g/mol. The van der Waals surface area contributed by atoms with Gasteiger partial charge in [-0.25, -0.2) is 0 Å². The van der Waals surface area contributed by atoms with Crippen molar-refractivity contribution in [2.24, 2.45) is 4.41 Å². The van der Waals surface area contributed by atoms with Gasteiger partial charge in [0.1, 0.15) is 0 Å². The number of rotatable bonds is 1. The first-order chi connectivity index (χ1) is 4.96. The van der Waals surface area contributed by atoms with E-state index in [1.807, 2.05) is 19.6 Å². The molecule has 1 unspecified atom stereocenters. The summed E-state index contributed by atoms with van der Waals surface area (Å²) in [6.07, 6.45) is 0. The van der Waals surface area contributed by atoms with Gasteiger partial charge in [-0.1, -0.05) is 20.8 Å². The molecule has 0 amide bonds. The maximum absolute atomic E-state index is 13.8. The van der Waals surface area contributed by atoms with E-state index in [1.54, 1.807) is 20.8 Å². The number of hydrogen-bond acceptors (Lipinski definition) is 1. The van der Waals surface area contributed by atoms with Crippen molar-refractivity contribution in [1.29, 1.82) is 0 Å². The molecule has 74 valence electrons. The molecule has 0 aliphatic carbocycles. The van der Waals surface area contributed by atoms with Crippen molar-refractivity contribution >= 4 is 26.2 Å².